The van der Waals surface area contributed by atoms with Gasteiger partial charge in [0, 0.05) is 24.5 Å². The molecular formula is C23H31N5OS. The van der Waals surface area contributed by atoms with E-state index in [9.17, 15) is 0 Å². The van der Waals surface area contributed by atoms with Crippen LogP contribution in [0, 0.1) is 13.8 Å². The van der Waals surface area contributed by atoms with Gasteiger partial charge in [-0.15, -0.1) is 11.3 Å². The highest BCUT2D eigenvalue weighted by Crippen LogP contribution is 2.35. The van der Waals surface area contributed by atoms with Crippen LogP contribution in [0.25, 0.3) is 10.2 Å². The molecule has 0 unspecified atom stereocenters. The second-order valence-corrected chi connectivity index (χ2v) is 9.41. The fraction of sp³-hybridized carbons (Fsp3) is 0.478. The molecule has 0 aliphatic carbocycles. The number of morpholine rings is 1. The van der Waals surface area contributed by atoms with Crippen molar-refractivity contribution in [3.8, 4) is 0 Å². The van der Waals surface area contributed by atoms with Crippen LogP contribution in [0.3, 0.4) is 0 Å². The van der Waals surface area contributed by atoms with Crippen molar-refractivity contribution in [1.82, 2.24) is 19.8 Å². The molecule has 1 aliphatic heterocycles. The smallest absolute Gasteiger partial charge is 0.146 e. The van der Waals surface area contributed by atoms with Gasteiger partial charge in [0.1, 0.15) is 16.5 Å². The Morgan fingerprint density at radius 3 is 2.57 bits per heavy atom. The first kappa shape index (κ1) is 21.2. The van der Waals surface area contributed by atoms with E-state index < -0.39 is 0 Å². The van der Waals surface area contributed by atoms with Crippen LogP contribution in [-0.2, 0) is 11.3 Å². The molecule has 1 fully saturated rings. The quantitative estimate of drug-likeness (QED) is 0.620. The van der Waals surface area contributed by atoms with Gasteiger partial charge in [-0.25, -0.2) is 9.97 Å². The monoisotopic (exact) mass is 425 g/mol. The van der Waals surface area contributed by atoms with Gasteiger partial charge in [-0.2, -0.15) is 0 Å². The summed E-state index contributed by atoms with van der Waals surface area (Å²) >= 11 is 1.76. The predicted octanol–water partition coefficient (Wildman–Crippen LogP) is 3.86. The van der Waals surface area contributed by atoms with Crippen molar-refractivity contribution in [2.24, 2.45) is 0 Å². The van der Waals surface area contributed by atoms with Gasteiger partial charge in [0.25, 0.3) is 0 Å². The summed E-state index contributed by atoms with van der Waals surface area (Å²) in [6.45, 7) is 9.41. The van der Waals surface area contributed by atoms with E-state index in [0.717, 1.165) is 61.3 Å². The zero-order chi connectivity index (χ0) is 21.1. The molecule has 2 aromatic heterocycles. The molecule has 0 radical (unpaired) electrons. The van der Waals surface area contributed by atoms with Crippen molar-refractivity contribution in [2.45, 2.75) is 26.4 Å². The second-order valence-electron chi connectivity index (χ2n) is 8.21. The molecule has 1 N–H and O–H groups in total. The van der Waals surface area contributed by atoms with Crippen LogP contribution in [0.2, 0.25) is 0 Å². The largest absolute Gasteiger partial charge is 0.379 e. The molecule has 1 atom stereocenters. The van der Waals surface area contributed by atoms with Crippen molar-refractivity contribution in [2.75, 3.05) is 52.3 Å². The molecular weight excluding hydrogens is 394 g/mol. The minimum absolute atomic E-state index is 0.148. The van der Waals surface area contributed by atoms with Gasteiger partial charge >= 0.3 is 0 Å². The lowest BCUT2D eigenvalue weighted by Crippen LogP contribution is -2.36. The SMILES string of the molecule is Cc1sc2nc(CN3CCOCC3)nc(N[C@H](CN(C)C)c3ccccc3)c2c1C. The number of rotatable bonds is 7. The molecule has 30 heavy (non-hydrogen) atoms. The van der Waals surface area contributed by atoms with Gasteiger partial charge in [-0.05, 0) is 39.1 Å². The number of fused-ring (bicyclic) bond motifs is 1. The second kappa shape index (κ2) is 9.39. The van der Waals surface area contributed by atoms with E-state index in [1.807, 2.05) is 0 Å². The Kier molecular flexibility index (Phi) is 6.63. The van der Waals surface area contributed by atoms with Crippen molar-refractivity contribution in [3.05, 3.63) is 52.2 Å². The summed E-state index contributed by atoms with van der Waals surface area (Å²) < 4.78 is 5.49. The summed E-state index contributed by atoms with van der Waals surface area (Å²) in [5, 5.41) is 4.93. The highest BCUT2D eigenvalue weighted by molar-refractivity contribution is 7.18. The fourth-order valence-corrected chi connectivity index (χ4v) is 4.93. The average Bonchev–Trinajstić information content (AvgIpc) is 3.02. The van der Waals surface area contributed by atoms with Gasteiger partial charge in [0.2, 0.25) is 0 Å². The molecule has 3 aromatic rings. The molecule has 160 valence electrons. The molecule has 1 saturated heterocycles. The zero-order valence-corrected chi connectivity index (χ0v) is 19.1. The average molecular weight is 426 g/mol. The predicted molar refractivity (Wildman–Crippen MR) is 124 cm³/mol. The van der Waals surface area contributed by atoms with Crippen molar-refractivity contribution in [1.29, 1.82) is 0 Å². The topological polar surface area (TPSA) is 53.5 Å². The highest BCUT2D eigenvalue weighted by atomic mass is 32.1. The number of hydrogen-bond acceptors (Lipinski definition) is 7. The Morgan fingerprint density at radius 1 is 1.13 bits per heavy atom. The summed E-state index contributed by atoms with van der Waals surface area (Å²) in [5.74, 6) is 1.82. The van der Waals surface area contributed by atoms with E-state index in [0.29, 0.717) is 0 Å². The van der Waals surface area contributed by atoms with E-state index in [2.05, 4.69) is 73.4 Å². The van der Waals surface area contributed by atoms with E-state index in [-0.39, 0.29) is 6.04 Å². The fourth-order valence-electron chi connectivity index (χ4n) is 3.88. The van der Waals surface area contributed by atoms with Crippen LogP contribution in [0.5, 0.6) is 0 Å². The molecule has 6 nitrogen and oxygen atoms in total. The number of hydrogen-bond donors (Lipinski definition) is 1. The van der Waals surface area contributed by atoms with Crippen LogP contribution in [0.1, 0.15) is 27.9 Å². The number of aryl methyl sites for hydroxylation is 2. The number of likely N-dealkylation sites (N-methyl/N-ethyl adjacent to an activating group) is 1. The number of nitrogens with zero attached hydrogens (tertiary/aromatic N) is 4. The van der Waals surface area contributed by atoms with Crippen LogP contribution >= 0.6 is 11.3 Å². The lowest BCUT2D eigenvalue weighted by Gasteiger charge is -2.26. The third-order valence-electron chi connectivity index (χ3n) is 5.60. The minimum Gasteiger partial charge on any atom is -0.379 e. The Balaban J connectivity index is 1.71. The highest BCUT2D eigenvalue weighted by Gasteiger charge is 2.20. The molecule has 0 bridgehead atoms. The van der Waals surface area contributed by atoms with Gasteiger partial charge in [-0.3, -0.25) is 4.90 Å². The van der Waals surface area contributed by atoms with E-state index >= 15 is 0 Å². The summed E-state index contributed by atoms with van der Waals surface area (Å²) in [7, 11) is 4.22. The maximum Gasteiger partial charge on any atom is 0.146 e. The van der Waals surface area contributed by atoms with Gasteiger partial charge in [0.15, 0.2) is 0 Å². The van der Waals surface area contributed by atoms with Gasteiger partial charge in [-0.1, -0.05) is 30.3 Å². The van der Waals surface area contributed by atoms with Crippen molar-refractivity contribution in [3.63, 3.8) is 0 Å². The normalized spacial score (nSPS) is 16.3. The van der Waals surface area contributed by atoms with Crippen LogP contribution in [0.4, 0.5) is 5.82 Å². The minimum atomic E-state index is 0.148. The van der Waals surface area contributed by atoms with Crippen LogP contribution in [0.15, 0.2) is 30.3 Å². The molecule has 7 heteroatoms. The van der Waals surface area contributed by atoms with Crippen LogP contribution < -0.4 is 5.32 Å². The number of thiophene rings is 1. The van der Waals surface area contributed by atoms with Gasteiger partial charge in [0.05, 0.1) is 31.2 Å². The first-order chi connectivity index (χ1) is 14.5. The number of anilines is 1. The molecule has 0 spiro atoms. The third-order valence-corrected chi connectivity index (χ3v) is 6.71. The summed E-state index contributed by atoms with van der Waals surface area (Å²) in [4.78, 5) is 16.9. The molecule has 1 aliphatic rings. The van der Waals surface area contributed by atoms with E-state index in [1.165, 1.54) is 16.0 Å². The molecule has 0 amide bonds. The third kappa shape index (κ3) is 4.81. The molecule has 4 rings (SSSR count). The number of nitrogens with one attached hydrogen (secondary N) is 1. The molecule has 3 heterocycles. The first-order valence-corrected chi connectivity index (χ1v) is 11.4. The Labute approximate surface area is 182 Å². The van der Waals surface area contributed by atoms with Gasteiger partial charge < -0.3 is 15.0 Å². The Hall–Kier alpha value is -2.06. The Morgan fingerprint density at radius 2 is 1.87 bits per heavy atom. The first-order valence-electron chi connectivity index (χ1n) is 10.5. The molecule has 0 saturated carbocycles. The van der Waals surface area contributed by atoms with Crippen molar-refractivity contribution < 1.29 is 4.74 Å². The zero-order valence-electron chi connectivity index (χ0n) is 18.3. The maximum absolute atomic E-state index is 5.49. The van der Waals surface area contributed by atoms with E-state index in [1.54, 1.807) is 11.3 Å². The number of ether oxygens (including phenoxy) is 1. The Bertz CT molecular complexity index is 982. The number of benzene rings is 1. The lowest BCUT2D eigenvalue weighted by atomic mass is 10.1. The maximum atomic E-state index is 5.49. The van der Waals surface area contributed by atoms with E-state index in [4.69, 9.17) is 14.7 Å². The summed E-state index contributed by atoms with van der Waals surface area (Å²) in [6, 6.07) is 10.8. The lowest BCUT2D eigenvalue weighted by molar-refractivity contribution is 0.0331. The standard InChI is InChI=1S/C23H31N5OS/c1-16-17(2)30-23-21(16)22(25-20(26-23)15-28-10-12-29-13-11-28)24-19(14-27(3)4)18-8-6-5-7-9-18/h5-9,19H,10-15H2,1-4H3,(H,24,25,26)/t19-/m1/s1. The molecule has 1 aromatic carbocycles. The summed E-state index contributed by atoms with van der Waals surface area (Å²) in [5.41, 5.74) is 2.53. The summed E-state index contributed by atoms with van der Waals surface area (Å²) in [6.07, 6.45) is 0. The van der Waals surface area contributed by atoms with Crippen LogP contribution in [-0.4, -0.2) is 66.7 Å². The number of aromatic nitrogens is 2. The van der Waals surface area contributed by atoms with Crippen molar-refractivity contribution >= 4 is 27.4 Å².